The molecule has 3 atom stereocenters. The number of aliphatic hydroxyl groups is 1. The minimum Gasteiger partial charge on any atom is -0.388 e. The van der Waals surface area contributed by atoms with Gasteiger partial charge in [0.1, 0.15) is 0 Å². The lowest BCUT2D eigenvalue weighted by Gasteiger charge is -2.37. The maximum atomic E-state index is 10.2. The van der Waals surface area contributed by atoms with Crippen LogP contribution in [0.25, 0.3) is 0 Å². The highest BCUT2D eigenvalue weighted by Crippen LogP contribution is 2.26. The Morgan fingerprint density at radius 1 is 1.37 bits per heavy atom. The van der Waals surface area contributed by atoms with Gasteiger partial charge in [0.15, 0.2) is 0 Å². The first kappa shape index (κ1) is 15.4. The Bertz CT molecular complexity index is 398. The van der Waals surface area contributed by atoms with E-state index in [4.69, 9.17) is 0 Å². The second-order valence-electron chi connectivity index (χ2n) is 5.21. The smallest absolute Gasteiger partial charge is 0.0802 e. The third kappa shape index (κ3) is 4.22. The summed E-state index contributed by atoms with van der Waals surface area (Å²) in [7, 11) is 0. The van der Waals surface area contributed by atoms with Crippen LogP contribution in [0.3, 0.4) is 0 Å². The van der Waals surface area contributed by atoms with Crippen LogP contribution in [0.1, 0.15) is 31.9 Å². The van der Waals surface area contributed by atoms with Gasteiger partial charge in [-0.2, -0.15) is 11.8 Å². The second-order valence-corrected chi connectivity index (χ2v) is 7.61. The van der Waals surface area contributed by atoms with Crippen molar-refractivity contribution in [3.05, 3.63) is 34.3 Å². The summed E-state index contributed by atoms with van der Waals surface area (Å²) in [5, 5.41) is 10.9. The molecule has 0 aliphatic carbocycles. The van der Waals surface area contributed by atoms with Gasteiger partial charge >= 0.3 is 0 Å². The number of aliphatic hydroxyl groups excluding tert-OH is 1. The molecule has 2 nitrogen and oxygen atoms in total. The van der Waals surface area contributed by atoms with Crippen LogP contribution in [-0.2, 0) is 0 Å². The highest BCUT2D eigenvalue weighted by atomic mass is 79.9. The van der Waals surface area contributed by atoms with E-state index in [2.05, 4.69) is 46.4 Å². The predicted molar refractivity (Wildman–Crippen MR) is 86.7 cm³/mol. The number of hydrogen-bond acceptors (Lipinski definition) is 3. The van der Waals surface area contributed by atoms with E-state index < -0.39 is 0 Å². The molecule has 2 rings (SSSR count). The first-order chi connectivity index (χ1) is 9.08. The topological polar surface area (TPSA) is 23.5 Å². The zero-order valence-electron chi connectivity index (χ0n) is 11.6. The molecule has 0 aromatic heterocycles. The molecule has 3 unspecified atom stereocenters. The quantitative estimate of drug-likeness (QED) is 0.901. The zero-order valence-corrected chi connectivity index (χ0v) is 14.0. The van der Waals surface area contributed by atoms with E-state index in [1.165, 1.54) is 5.75 Å². The monoisotopic (exact) mass is 343 g/mol. The fraction of sp³-hybridized carbons (Fsp3) is 0.600. The first-order valence-corrected chi connectivity index (χ1v) is 8.71. The molecule has 0 bridgehead atoms. The van der Waals surface area contributed by atoms with Crippen LogP contribution in [0.15, 0.2) is 28.7 Å². The van der Waals surface area contributed by atoms with Gasteiger partial charge in [0, 0.05) is 34.6 Å². The van der Waals surface area contributed by atoms with E-state index >= 15 is 0 Å². The lowest BCUT2D eigenvalue weighted by atomic mass is 10.1. The standard InChI is InChI=1S/C15H22BrNOS/c1-11-12(2)19-10-9-17(11)8-7-15(18)13-3-5-14(16)6-4-13/h3-6,11-12,15,18H,7-10H2,1-2H3. The molecule has 1 aliphatic rings. The Hall–Kier alpha value is -0.0300. The molecule has 4 heteroatoms. The highest BCUT2D eigenvalue weighted by molar-refractivity contribution is 9.10. The molecule has 19 heavy (non-hydrogen) atoms. The largest absolute Gasteiger partial charge is 0.388 e. The van der Waals surface area contributed by atoms with Gasteiger partial charge in [-0.25, -0.2) is 0 Å². The Balaban J connectivity index is 1.86. The summed E-state index contributed by atoms with van der Waals surface area (Å²) < 4.78 is 1.05. The maximum absolute atomic E-state index is 10.2. The summed E-state index contributed by atoms with van der Waals surface area (Å²) in [4.78, 5) is 2.50. The molecular weight excluding hydrogens is 322 g/mol. The number of nitrogens with zero attached hydrogens (tertiary/aromatic N) is 1. The average molecular weight is 344 g/mol. The van der Waals surface area contributed by atoms with E-state index in [9.17, 15) is 5.11 Å². The predicted octanol–water partition coefficient (Wildman–Crippen LogP) is 3.70. The Kier molecular flexibility index (Phi) is 5.75. The summed E-state index contributed by atoms with van der Waals surface area (Å²) in [5.74, 6) is 1.21. The highest BCUT2D eigenvalue weighted by Gasteiger charge is 2.25. The molecule has 1 N–H and O–H groups in total. The van der Waals surface area contributed by atoms with Crippen LogP contribution in [0.4, 0.5) is 0 Å². The molecule has 0 radical (unpaired) electrons. The average Bonchev–Trinajstić information content (AvgIpc) is 2.41. The number of thioether (sulfide) groups is 1. The van der Waals surface area contributed by atoms with Crippen molar-refractivity contribution < 1.29 is 5.11 Å². The van der Waals surface area contributed by atoms with Crippen LogP contribution in [0, 0.1) is 0 Å². The first-order valence-electron chi connectivity index (χ1n) is 6.87. The minimum atomic E-state index is -0.356. The fourth-order valence-corrected chi connectivity index (χ4v) is 3.88. The van der Waals surface area contributed by atoms with Crippen LogP contribution in [-0.4, -0.2) is 40.1 Å². The Morgan fingerprint density at radius 2 is 2.05 bits per heavy atom. The van der Waals surface area contributed by atoms with Gasteiger partial charge in [0.25, 0.3) is 0 Å². The molecule has 1 heterocycles. The van der Waals surface area contributed by atoms with Gasteiger partial charge in [-0.05, 0) is 31.0 Å². The summed E-state index contributed by atoms with van der Waals surface area (Å²) in [5.41, 5.74) is 1.01. The summed E-state index contributed by atoms with van der Waals surface area (Å²) >= 11 is 5.47. The lowest BCUT2D eigenvalue weighted by molar-refractivity contribution is 0.128. The molecule has 0 spiro atoms. The van der Waals surface area contributed by atoms with Crippen LogP contribution >= 0.6 is 27.7 Å². The van der Waals surface area contributed by atoms with E-state index in [0.717, 1.165) is 29.5 Å². The van der Waals surface area contributed by atoms with Crippen molar-refractivity contribution in [3.8, 4) is 0 Å². The fourth-order valence-electron chi connectivity index (χ4n) is 2.45. The summed E-state index contributed by atoms with van der Waals surface area (Å²) in [6, 6.07) is 8.57. The van der Waals surface area contributed by atoms with E-state index in [-0.39, 0.29) is 6.10 Å². The molecule has 1 aromatic carbocycles. The molecule has 1 saturated heterocycles. The van der Waals surface area contributed by atoms with Crippen molar-refractivity contribution >= 4 is 27.7 Å². The summed E-state index contributed by atoms with van der Waals surface area (Å²) in [6.07, 6.45) is 0.453. The molecule has 1 aliphatic heterocycles. The molecule has 106 valence electrons. The van der Waals surface area contributed by atoms with Crippen molar-refractivity contribution in [1.29, 1.82) is 0 Å². The van der Waals surface area contributed by atoms with Gasteiger partial charge in [0.05, 0.1) is 6.10 Å². The van der Waals surface area contributed by atoms with Gasteiger partial charge in [-0.3, -0.25) is 4.90 Å². The van der Waals surface area contributed by atoms with Crippen LogP contribution in [0.2, 0.25) is 0 Å². The van der Waals surface area contributed by atoms with Crippen LogP contribution in [0.5, 0.6) is 0 Å². The van der Waals surface area contributed by atoms with Crippen molar-refractivity contribution in [3.63, 3.8) is 0 Å². The number of halogens is 1. The molecule has 0 saturated carbocycles. The number of benzene rings is 1. The molecule has 1 fully saturated rings. The van der Waals surface area contributed by atoms with Gasteiger partial charge in [-0.15, -0.1) is 0 Å². The zero-order chi connectivity index (χ0) is 13.8. The van der Waals surface area contributed by atoms with Crippen molar-refractivity contribution in [1.82, 2.24) is 4.90 Å². The normalized spacial score (nSPS) is 26.3. The Labute approximate surface area is 128 Å². The van der Waals surface area contributed by atoms with E-state index in [0.29, 0.717) is 11.3 Å². The van der Waals surface area contributed by atoms with Gasteiger partial charge in [0.2, 0.25) is 0 Å². The van der Waals surface area contributed by atoms with E-state index in [1.54, 1.807) is 0 Å². The SMILES string of the molecule is CC1SCCN(CCC(O)c2ccc(Br)cc2)C1C. The van der Waals surface area contributed by atoms with E-state index in [1.807, 2.05) is 24.3 Å². The van der Waals surface area contributed by atoms with Crippen LogP contribution < -0.4 is 0 Å². The lowest BCUT2D eigenvalue weighted by Crippen LogP contribution is -2.45. The molecule has 1 aromatic rings. The minimum absolute atomic E-state index is 0.356. The van der Waals surface area contributed by atoms with Crippen molar-refractivity contribution in [2.75, 3.05) is 18.8 Å². The van der Waals surface area contributed by atoms with Gasteiger partial charge < -0.3 is 5.11 Å². The number of rotatable bonds is 4. The van der Waals surface area contributed by atoms with Crippen molar-refractivity contribution in [2.24, 2.45) is 0 Å². The Morgan fingerprint density at radius 3 is 2.74 bits per heavy atom. The third-order valence-corrected chi connectivity index (χ3v) is 5.83. The van der Waals surface area contributed by atoms with Gasteiger partial charge in [-0.1, -0.05) is 35.0 Å². The second kappa shape index (κ2) is 7.11. The summed E-state index contributed by atoms with van der Waals surface area (Å²) in [6.45, 7) is 6.71. The van der Waals surface area contributed by atoms with Crippen molar-refractivity contribution in [2.45, 2.75) is 37.7 Å². The maximum Gasteiger partial charge on any atom is 0.0802 e. The third-order valence-electron chi connectivity index (χ3n) is 3.96. The molecular formula is C15H22BrNOS. The number of hydrogen-bond donors (Lipinski definition) is 1. The molecule has 0 amide bonds.